The minimum atomic E-state index is -4.15. The monoisotopic (exact) mass is 631 g/mol. The molecule has 0 saturated heterocycles. The van der Waals surface area contributed by atoms with Gasteiger partial charge in [-0.1, -0.05) is 97.4 Å². The van der Waals surface area contributed by atoms with Crippen molar-refractivity contribution in [2.24, 2.45) is 0 Å². The number of nitrogens with zero attached hydrogens (tertiary/aromatic N) is 2. The molecule has 0 aliphatic carbocycles. The van der Waals surface area contributed by atoms with Crippen molar-refractivity contribution in [1.82, 2.24) is 10.2 Å². The molecule has 0 aliphatic heterocycles. The molecule has 2 amide bonds. The second kappa shape index (κ2) is 15.0. The van der Waals surface area contributed by atoms with Gasteiger partial charge in [-0.3, -0.25) is 13.9 Å². The summed E-state index contributed by atoms with van der Waals surface area (Å²) in [6.45, 7) is 5.24. The SMILES string of the molecule is CCc1ccccc1N(CC(=O)N(Cc1ccc(Cl)cc1)C(Cc1ccccc1)C(=O)NC(C)C)S(=O)(=O)c1ccccc1. The largest absolute Gasteiger partial charge is 0.352 e. The number of benzene rings is 4. The van der Waals surface area contributed by atoms with Gasteiger partial charge in [0.1, 0.15) is 12.6 Å². The van der Waals surface area contributed by atoms with Crippen LogP contribution >= 0.6 is 11.6 Å². The fourth-order valence-corrected chi connectivity index (χ4v) is 6.61. The molecule has 4 aromatic carbocycles. The quantitative estimate of drug-likeness (QED) is 0.189. The van der Waals surface area contributed by atoms with E-state index in [1.54, 1.807) is 54.6 Å². The third kappa shape index (κ3) is 8.27. The molecule has 0 fully saturated rings. The molecule has 4 aromatic rings. The van der Waals surface area contributed by atoms with E-state index in [2.05, 4.69) is 5.32 Å². The number of hydrogen-bond acceptors (Lipinski definition) is 4. The number of nitrogens with one attached hydrogen (secondary N) is 1. The number of aryl methyl sites for hydroxylation is 1. The minimum absolute atomic E-state index is 0.0707. The Balaban J connectivity index is 1.82. The third-order valence-electron chi connectivity index (χ3n) is 7.22. The Morgan fingerprint density at radius 3 is 2.00 bits per heavy atom. The molecule has 1 atom stereocenters. The van der Waals surface area contributed by atoms with Crippen molar-refractivity contribution in [1.29, 1.82) is 0 Å². The predicted octanol–water partition coefficient (Wildman–Crippen LogP) is 6.26. The number of sulfonamides is 1. The standard InChI is InChI=1S/C35H38ClN3O4S/c1-4-29-15-11-12-18-32(29)39(44(42,43)31-16-9-6-10-17-31)25-34(40)38(24-28-19-21-30(36)22-20-28)33(35(41)37-26(2)3)23-27-13-7-5-8-14-27/h5-22,26,33H,4,23-25H2,1-3H3,(H,37,41). The van der Waals surface area contributed by atoms with Crippen LogP contribution in [0.1, 0.15) is 37.5 Å². The number of carbonyl (C=O) groups is 2. The highest BCUT2D eigenvalue weighted by Gasteiger charge is 2.35. The van der Waals surface area contributed by atoms with Gasteiger partial charge in [-0.15, -0.1) is 0 Å². The number of carbonyl (C=O) groups excluding carboxylic acids is 2. The van der Waals surface area contributed by atoms with E-state index in [0.717, 1.165) is 21.0 Å². The summed E-state index contributed by atoms with van der Waals surface area (Å²) in [5.41, 5.74) is 2.83. The summed E-state index contributed by atoms with van der Waals surface area (Å²) >= 11 is 6.14. The third-order valence-corrected chi connectivity index (χ3v) is 9.25. The first-order chi connectivity index (χ1) is 21.1. The first-order valence-corrected chi connectivity index (χ1v) is 16.5. The van der Waals surface area contributed by atoms with Gasteiger partial charge < -0.3 is 10.2 Å². The van der Waals surface area contributed by atoms with Gasteiger partial charge in [0.25, 0.3) is 10.0 Å². The van der Waals surface area contributed by atoms with Crippen LogP contribution in [0.3, 0.4) is 0 Å². The molecule has 0 heterocycles. The van der Waals surface area contributed by atoms with Gasteiger partial charge in [0.05, 0.1) is 10.6 Å². The van der Waals surface area contributed by atoms with Crippen molar-refractivity contribution in [3.05, 3.63) is 131 Å². The Morgan fingerprint density at radius 1 is 0.795 bits per heavy atom. The van der Waals surface area contributed by atoms with Gasteiger partial charge in [-0.25, -0.2) is 8.42 Å². The molecule has 0 saturated carbocycles. The van der Waals surface area contributed by atoms with Gasteiger partial charge >= 0.3 is 0 Å². The number of hydrogen-bond donors (Lipinski definition) is 1. The lowest BCUT2D eigenvalue weighted by Gasteiger charge is -2.34. The molecule has 0 aromatic heterocycles. The average Bonchev–Trinajstić information content (AvgIpc) is 3.02. The Morgan fingerprint density at radius 2 is 1.39 bits per heavy atom. The molecule has 0 bridgehead atoms. The molecular weight excluding hydrogens is 594 g/mol. The molecule has 230 valence electrons. The fraction of sp³-hybridized carbons (Fsp3) is 0.257. The van der Waals surface area contributed by atoms with Crippen molar-refractivity contribution in [3.63, 3.8) is 0 Å². The number of para-hydroxylation sites is 1. The predicted molar refractivity (Wildman–Crippen MR) is 176 cm³/mol. The van der Waals surface area contributed by atoms with Crippen LogP contribution in [0.2, 0.25) is 5.02 Å². The zero-order chi connectivity index (χ0) is 31.7. The number of halogens is 1. The van der Waals surface area contributed by atoms with E-state index >= 15 is 0 Å². The van der Waals surface area contributed by atoms with Crippen molar-refractivity contribution >= 4 is 39.1 Å². The lowest BCUT2D eigenvalue weighted by atomic mass is 10.0. The van der Waals surface area contributed by atoms with Crippen molar-refractivity contribution in [2.45, 2.75) is 57.1 Å². The molecule has 0 aliphatic rings. The van der Waals surface area contributed by atoms with Crippen LogP contribution < -0.4 is 9.62 Å². The molecule has 7 nitrogen and oxygen atoms in total. The summed E-state index contributed by atoms with van der Waals surface area (Å²) in [7, 11) is -4.15. The highest BCUT2D eigenvalue weighted by atomic mass is 35.5. The Hall–Kier alpha value is -4.14. The summed E-state index contributed by atoms with van der Waals surface area (Å²) in [5.74, 6) is -0.831. The Kier molecular flexibility index (Phi) is 11.2. The van der Waals surface area contributed by atoms with E-state index in [4.69, 9.17) is 11.6 Å². The zero-order valence-corrected chi connectivity index (χ0v) is 26.8. The van der Waals surface area contributed by atoms with Gasteiger partial charge in [0.2, 0.25) is 11.8 Å². The minimum Gasteiger partial charge on any atom is -0.352 e. The van der Waals surface area contributed by atoms with Crippen molar-refractivity contribution < 1.29 is 18.0 Å². The highest BCUT2D eigenvalue weighted by Crippen LogP contribution is 2.28. The average molecular weight is 632 g/mol. The van der Waals surface area contributed by atoms with Gasteiger partial charge in [0.15, 0.2) is 0 Å². The second-order valence-corrected chi connectivity index (χ2v) is 13.1. The summed E-state index contributed by atoms with van der Waals surface area (Å²) in [6.07, 6.45) is 0.808. The summed E-state index contributed by atoms with van der Waals surface area (Å²) in [4.78, 5) is 29.8. The molecule has 1 N–H and O–H groups in total. The molecule has 4 rings (SSSR count). The Labute approximate surface area is 265 Å². The maximum atomic E-state index is 14.5. The van der Waals surface area contributed by atoms with Gasteiger partial charge in [-0.2, -0.15) is 0 Å². The first-order valence-electron chi connectivity index (χ1n) is 14.6. The van der Waals surface area contributed by atoms with Crippen LogP contribution in [0, 0.1) is 0 Å². The normalized spacial score (nSPS) is 12.0. The van der Waals surface area contributed by atoms with Crippen molar-refractivity contribution in [2.75, 3.05) is 10.8 Å². The van der Waals surface area contributed by atoms with Crippen LogP contribution in [0.15, 0.2) is 114 Å². The van der Waals surface area contributed by atoms with Crippen LogP contribution in [0.4, 0.5) is 5.69 Å². The van der Waals surface area contributed by atoms with E-state index < -0.39 is 28.5 Å². The van der Waals surface area contributed by atoms with Gasteiger partial charge in [-0.05, 0) is 67.3 Å². The second-order valence-electron chi connectivity index (χ2n) is 10.8. The summed E-state index contributed by atoms with van der Waals surface area (Å²) < 4.78 is 29.5. The maximum absolute atomic E-state index is 14.5. The molecule has 0 spiro atoms. The van der Waals surface area contributed by atoms with Crippen LogP contribution in [-0.4, -0.2) is 43.8 Å². The van der Waals surface area contributed by atoms with Crippen LogP contribution in [0.25, 0.3) is 0 Å². The summed E-state index contributed by atoms with van der Waals surface area (Å²) in [5, 5.41) is 3.51. The number of amides is 2. The topological polar surface area (TPSA) is 86.8 Å². The van der Waals surface area contributed by atoms with Crippen LogP contribution in [-0.2, 0) is 39.0 Å². The smallest absolute Gasteiger partial charge is 0.264 e. The molecule has 0 radical (unpaired) electrons. The lowest BCUT2D eigenvalue weighted by Crippen LogP contribution is -2.54. The zero-order valence-electron chi connectivity index (χ0n) is 25.2. The molecule has 1 unspecified atom stereocenters. The van der Waals surface area contributed by atoms with E-state index in [1.165, 1.54) is 17.0 Å². The molecule has 44 heavy (non-hydrogen) atoms. The van der Waals surface area contributed by atoms with E-state index in [9.17, 15) is 18.0 Å². The van der Waals surface area contributed by atoms with E-state index in [-0.39, 0.29) is 29.8 Å². The van der Waals surface area contributed by atoms with E-state index in [1.807, 2.05) is 63.2 Å². The lowest BCUT2D eigenvalue weighted by molar-refractivity contribution is -0.140. The maximum Gasteiger partial charge on any atom is 0.264 e. The molecular formula is C35H38ClN3O4S. The van der Waals surface area contributed by atoms with Gasteiger partial charge in [0, 0.05) is 24.0 Å². The van der Waals surface area contributed by atoms with E-state index in [0.29, 0.717) is 17.1 Å². The number of rotatable bonds is 13. The van der Waals surface area contributed by atoms with Crippen LogP contribution in [0.5, 0.6) is 0 Å². The number of anilines is 1. The Bertz CT molecular complexity index is 1650. The molecule has 9 heteroatoms. The first kappa shape index (κ1) is 32.8. The fourth-order valence-electron chi connectivity index (χ4n) is 5.01. The van der Waals surface area contributed by atoms with Crippen molar-refractivity contribution in [3.8, 4) is 0 Å². The highest BCUT2D eigenvalue weighted by molar-refractivity contribution is 7.92. The summed E-state index contributed by atoms with van der Waals surface area (Å²) in [6, 6.07) is 30.7.